The van der Waals surface area contributed by atoms with E-state index >= 15 is 0 Å². The highest BCUT2D eigenvalue weighted by molar-refractivity contribution is 5.75. The summed E-state index contributed by atoms with van der Waals surface area (Å²) in [6, 6.07) is -0.738. The predicted octanol–water partition coefficient (Wildman–Crippen LogP) is 0.0376. The van der Waals surface area contributed by atoms with Crippen LogP contribution in [-0.2, 0) is 38.1 Å². The van der Waals surface area contributed by atoms with Crippen molar-refractivity contribution in [2.24, 2.45) is 5.84 Å². The van der Waals surface area contributed by atoms with Crippen molar-refractivity contribution in [2.75, 3.05) is 26.3 Å². The van der Waals surface area contributed by atoms with E-state index < -0.39 is 36.5 Å². The van der Waals surface area contributed by atoms with E-state index in [0.717, 1.165) is 32.2 Å². The molecule has 0 saturated carbocycles. The Bertz CT molecular complexity index is 648. The first-order chi connectivity index (χ1) is 16.2. The number of esters is 2. The van der Waals surface area contributed by atoms with Gasteiger partial charge in [0.15, 0.2) is 6.29 Å². The average Bonchev–Trinajstić information content (AvgIpc) is 2.76. The van der Waals surface area contributed by atoms with Gasteiger partial charge in [0, 0.05) is 46.7 Å². The molecule has 1 fully saturated rings. The molecule has 0 spiro atoms. The molecule has 0 aliphatic carbocycles. The van der Waals surface area contributed by atoms with Gasteiger partial charge in [-0.25, -0.2) is 0 Å². The lowest BCUT2D eigenvalue weighted by Crippen LogP contribution is -2.59. The number of nitrogens with two attached hydrogens (primary N) is 1. The molecule has 12 heteroatoms. The number of nitrogens with one attached hydrogen (secondary N) is 3. The van der Waals surface area contributed by atoms with Gasteiger partial charge in [-0.3, -0.25) is 30.4 Å². The van der Waals surface area contributed by atoms with Crippen molar-refractivity contribution in [3.8, 4) is 0 Å². The Morgan fingerprint density at radius 2 is 1.68 bits per heavy atom. The molecular weight excluding hydrogens is 448 g/mol. The van der Waals surface area contributed by atoms with E-state index in [9.17, 15) is 19.2 Å². The first-order valence-electron chi connectivity index (χ1n) is 11.8. The zero-order valence-electron chi connectivity index (χ0n) is 20.4. The molecule has 1 heterocycles. The molecule has 5 N–H and O–H groups in total. The molecule has 196 valence electrons. The van der Waals surface area contributed by atoms with Gasteiger partial charge in [0.2, 0.25) is 11.8 Å². The topological polar surface area (TPSA) is 167 Å². The molecule has 4 atom stereocenters. The quantitative estimate of drug-likeness (QED) is 0.101. The van der Waals surface area contributed by atoms with E-state index in [1.54, 1.807) is 0 Å². The molecule has 34 heavy (non-hydrogen) atoms. The third kappa shape index (κ3) is 13.4. The number of rotatable bonds is 16. The Morgan fingerprint density at radius 3 is 2.29 bits per heavy atom. The molecule has 1 rings (SSSR count). The lowest BCUT2D eigenvalue weighted by Gasteiger charge is -2.40. The van der Waals surface area contributed by atoms with E-state index in [2.05, 4.69) is 16.1 Å². The first kappa shape index (κ1) is 29.8. The molecule has 0 bridgehead atoms. The van der Waals surface area contributed by atoms with E-state index in [1.165, 1.54) is 20.8 Å². The number of carbonyl (C=O) groups is 4. The van der Waals surface area contributed by atoms with E-state index in [4.69, 9.17) is 24.8 Å². The second-order valence-corrected chi connectivity index (χ2v) is 8.23. The highest BCUT2D eigenvalue weighted by Gasteiger charge is 2.42. The monoisotopic (exact) mass is 488 g/mol. The van der Waals surface area contributed by atoms with Crippen molar-refractivity contribution >= 4 is 23.8 Å². The normalized spacial score (nSPS) is 22.0. The molecule has 0 aromatic carbocycles. The maximum atomic E-state index is 12.0. The van der Waals surface area contributed by atoms with Crippen LogP contribution >= 0.6 is 0 Å². The average molecular weight is 489 g/mol. The Kier molecular flexibility index (Phi) is 15.0. The van der Waals surface area contributed by atoms with Crippen LogP contribution < -0.4 is 21.9 Å². The Balaban J connectivity index is 2.50. The second kappa shape index (κ2) is 17.2. The van der Waals surface area contributed by atoms with Gasteiger partial charge in [0.1, 0.15) is 18.8 Å². The minimum Gasteiger partial charge on any atom is -0.463 e. The van der Waals surface area contributed by atoms with Crippen molar-refractivity contribution in [2.45, 2.75) is 90.3 Å². The third-order valence-corrected chi connectivity index (χ3v) is 5.08. The predicted molar refractivity (Wildman–Crippen MR) is 122 cm³/mol. The van der Waals surface area contributed by atoms with Crippen molar-refractivity contribution in [3.05, 3.63) is 0 Å². The zero-order chi connectivity index (χ0) is 25.3. The molecule has 2 amide bonds. The summed E-state index contributed by atoms with van der Waals surface area (Å²) in [5.74, 6) is 3.83. The van der Waals surface area contributed by atoms with Crippen molar-refractivity contribution in [1.82, 2.24) is 16.1 Å². The molecule has 1 aliphatic heterocycles. The highest BCUT2D eigenvalue weighted by atomic mass is 16.7. The lowest BCUT2D eigenvalue weighted by atomic mass is 9.99. The van der Waals surface area contributed by atoms with Gasteiger partial charge in [-0.1, -0.05) is 12.8 Å². The minimum absolute atomic E-state index is 0.0368. The number of hydrogen-bond donors (Lipinski definition) is 4. The maximum Gasteiger partial charge on any atom is 0.302 e. The summed E-state index contributed by atoms with van der Waals surface area (Å²) in [6.07, 6.45) is 2.69. The smallest absolute Gasteiger partial charge is 0.302 e. The Morgan fingerprint density at radius 1 is 0.971 bits per heavy atom. The fourth-order valence-corrected chi connectivity index (χ4v) is 3.56. The van der Waals surface area contributed by atoms with Crippen LogP contribution in [-0.4, -0.2) is 74.6 Å². The summed E-state index contributed by atoms with van der Waals surface area (Å²) < 4.78 is 22.1. The number of hydrogen-bond acceptors (Lipinski definition) is 10. The molecule has 0 aromatic heterocycles. The molecule has 12 nitrogen and oxygen atoms in total. The summed E-state index contributed by atoms with van der Waals surface area (Å²) in [5, 5.41) is 5.59. The minimum atomic E-state index is -0.936. The van der Waals surface area contributed by atoms with Crippen LogP contribution in [0.25, 0.3) is 0 Å². The molecule has 4 unspecified atom stereocenters. The number of hydrazine groups is 1. The fourth-order valence-electron chi connectivity index (χ4n) is 3.56. The first-order valence-corrected chi connectivity index (χ1v) is 11.8. The van der Waals surface area contributed by atoms with Crippen LogP contribution in [0.5, 0.6) is 0 Å². The van der Waals surface area contributed by atoms with Crippen LogP contribution in [0.2, 0.25) is 0 Å². The standard InChI is InChI=1S/C22H40N4O8/c1-15(27)26-21-19(33-17(3)29)13-18(14-32-16(2)28)34-22(21)31-12-8-9-20(30)24-10-6-4-5-7-11-25-23/h18-19,21-22,25H,4-14,23H2,1-3H3,(H,24,30)(H,26,27). The van der Waals surface area contributed by atoms with Gasteiger partial charge in [0.25, 0.3) is 0 Å². The van der Waals surface area contributed by atoms with E-state index in [1.807, 2.05) is 0 Å². The van der Waals surface area contributed by atoms with Crippen molar-refractivity contribution in [1.29, 1.82) is 0 Å². The number of carbonyl (C=O) groups excluding carboxylic acids is 4. The zero-order valence-corrected chi connectivity index (χ0v) is 20.4. The second-order valence-electron chi connectivity index (χ2n) is 8.23. The van der Waals surface area contributed by atoms with Gasteiger partial charge in [0.05, 0.1) is 12.7 Å². The Hall–Kier alpha value is -2.28. The number of ether oxygens (including phenoxy) is 4. The molecule has 1 saturated heterocycles. The summed E-state index contributed by atoms with van der Waals surface area (Å²) in [4.78, 5) is 46.5. The van der Waals surface area contributed by atoms with Crippen LogP contribution in [0.1, 0.15) is 65.7 Å². The summed E-state index contributed by atoms with van der Waals surface area (Å²) in [5.41, 5.74) is 2.61. The van der Waals surface area contributed by atoms with Crippen LogP contribution in [0.4, 0.5) is 0 Å². The van der Waals surface area contributed by atoms with E-state index in [0.29, 0.717) is 13.0 Å². The number of unbranched alkanes of at least 4 members (excludes halogenated alkanes) is 3. The lowest BCUT2D eigenvalue weighted by molar-refractivity contribution is -0.243. The third-order valence-electron chi connectivity index (χ3n) is 5.08. The van der Waals surface area contributed by atoms with Gasteiger partial charge in [-0.05, 0) is 19.3 Å². The molecule has 1 aliphatic rings. The fraction of sp³-hybridized carbons (Fsp3) is 0.818. The highest BCUT2D eigenvalue weighted by Crippen LogP contribution is 2.25. The van der Waals surface area contributed by atoms with Crippen LogP contribution in [0.15, 0.2) is 0 Å². The van der Waals surface area contributed by atoms with Gasteiger partial charge in [-0.2, -0.15) is 0 Å². The molecule has 0 radical (unpaired) electrons. The Labute approximate surface area is 200 Å². The SMILES string of the molecule is CC(=O)NC1C(OC(C)=O)CC(COC(C)=O)OC1OCCCC(=O)NCCCCCCNN. The van der Waals surface area contributed by atoms with E-state index in [-0.39, 0.29) is 37.9 Å². The molecule has 0 aromatic rings. The summed E-state index contributed by atoms with van der Waals surface area (Å²) in [7, 11) is 0. The van der Waals surface area contributed by atoms with Gasteiger partial charge >= 0.3 is 11.9 Å². The van der Waals surface area contributed by atoms with Gasteiger partial charge in [-0.15, -0.1) is 0 Å². The van der Waals surface area contributed by atoms with Crippen molar-refractivity contribution < 1.29 is 38.1 Å². The summed E-state index contributed by atoms with van der Waals surface area (Å²) in [6.45, 7) is 5.45. The maximum absolute atomic E-state index is 12.0. The van der Waals surface area contributed by atoms with Crippen molar-refractivity contribution in [3.63, 3.8) is 0 Å². The van der Waals surface area contributed by atoms with Crippen LogP contribution in [0.3, 0.4) is 0 Å². The number of amides is 2. The molecular formula is C22H40N4O8. The largest absolute Gasteiger partial charge is 0.463 e. The van der Waals surface area contributed by atoms with Crippen LogP contribution in [0, 0.1) is 0 Å². The van der Waals surface area contributed by atoms with Gasteiger partial charge < -0.3 is 29.6 Å². The summed E-state index contributed by atoms with van der Waals surface area (Å²) >= 11 is 0.